The summed E-state index contributed by atoms with van der Waals surface area (Å²) in [5, 5.41) is 5.74. The molecule has 2 aliphatic carbocycles. The monoisotopic (exact) mass is 321 g/mol. The van der Waals surface area contributed by atoms with Gasteiger partial charge in [-0.2, -0.15) is 0 Å². The molecule has 0 bridgehead atoms. The summed E-state index contributed by atoms with van der Waals surface area (Å²) in [6, 6.07) is -0.412. The van der Waals surface area contributed by atoms with Gasteiger partial charge in [0.25, 0.3) is 5.91 Å². The van der Waals surface area contributed by atoms with Crippen molar-refractivity contribution in [2.75, 3.05) is 13.1 Å². The second-order valence-corrected chi connectivity index (χ2v) is 7.27. The number of nitrogens with one attached hydrogen (secondary N) is 2. The highest BCUT2D eigenvalue weighted by Gasteiger charge is 2.51. The van der Waals surface area contributed by atoms with Gasteiger partial charge in [0.1, 0.15) is 12.1 Å². The van der Waals surface area contributed by atoms with E-state index >= 15 is 0 Å². The predicted octanol–water partition coefficient (Wildman–Crippen LogP) is 1.94. The number of nitrogens with zero attached hydrogens (tertiary/aromatic N) is 1. The zero-order valence-electron chi connectivity index (χ0n) is 13.7. The van der Waals surface area contributed by atoms with Gasteiger partial charge in [0, 0.05) is 6.54 Å². The van der Waals surface area contributed by atoms with Crippen molar-refractivity contribution in [3.8, 4) is 0 Å². The summed E-state index contributed by atoms with van der Waals surface area (Å²) in [4.78, 5) is 37.9. The van der Waals surface area contributed by atoms with Gasteiger partial charge in [-0.15, -0.1) is 0 Å². The van der Waals surface area contributed by atoms with E-state index in [2.05, 4.69) is 10.6 Å². The maximum absolute atomic E-state index is 12.6. The van der Waals surface area contributed by atoms with Crippen LogP contribution < -0.4 is 10.6 Å². The fraction of sp³-hybridized carbons (Fsp3) is 0.824. The molecule has 6 heteroatoms. The Labute approximate surface area is 137 Å². The number of rotatable bonds is 4. The highest BCUT2D eigenvalue weighted by Crippen LogP contribution is 2.33. The van der Waals surface area contributed by atoms with Crippen LogP contribution in [0.2, 0.25) is 0 Å². The SMILES string of the molecule is O=C(CN1C(=O)NC2(CCCCC2)C1=O)NCC1CCCCC1. The number of imide groups is 1. The molecule has 128 valence electrons. The van der Waals surface area contributed by atoms with Crippen LogP contribution in [0.1, 0.15) is 64.2 Å². The molecular formula is C17H27N3O3. The number of amides is 4. The van der Waals surface area contributed by atoms with Crippen molar-refractivity contribution < 1.29 is 14.4 Å². The lowest BCUT2D eigenvalue weighted by Crippen LogP contribution is -2.49. The van der Waals surface area contributed by atoms with Crippen molar-refractivity contribution in [2.45, 2.75) is 69.7 Å². The van der Waals surface area contributed by atoms with Crippen molar-refractivity contribution >= 4 is 17.8 Å². The average molecular weight is 321 g/mol. The highest BCUT2D eigenvalue weighted by molar-refractivity contribution is 6.09. The minimum absolute atomic E-state index is 0.154. The molecule has 0 atom stereocenters. The summed E-state index contributed by atoms with van der Waals surface area (Å²) in [6.45, 7) is 0.507. The van der Waals surface area contributed by atoms with Crippen LogP contribution in [-0.2, 0) is 9.59 Å². The quantitative estimate of drug-likeness (QED) is 0.777. The van der Waals surface area contributed by atoms with Gasteiger partial charge in [0.05, 0.1) is 0 Å². The Hall–Kier alpha value is -1.59. The first-order chi connectivity index (χ1) is 11.1. The molecular weight excluding hydrogens is 294 g/mol. The normalized spacial score (nSPS) is 24.8. The average Bonchev–Trinajstić information content (AvgIpc) is 2.79. The van der Waals surface area contributed by atoms with Crippen molar-refractivity contribution in [1.82, 2.24) is 15.5 Å². The van der Waals surface area contributed by atoms with Crippen molar-refractivity contribution in [3.63, 3.8) is 0 Å². The van der Waals surface area contributed by atoms with Gasteiger partial charge in [-0.3, -0.25) is 14.5 Å². The first kappa shape index (κ1) is 16.3. The Morgan fingerprint density at radius 2 is 1.74 bits per heavy atom. The molecule has 0 aromatic carbocycles. The molecule has 6 nitrogen and oxygen atoms in total. The van der Waals surface area contributed by atoms with Crippen LogP contribution in [0.4, 0.5) is 4.79 Å². The van der Waals surface area contributed by atoms with Crippen LogP contribution in [0.25, 0.3) is 0 Å². The topological polar surface area (TPSA) is 78.5 Å². The molecule has 1 saturated heterocycles. The number of urea groups is 1. The number of carbonyl (C=O) groups is 3. The molecule has 1 spiro atoms. The zero-order valence-corrected chi connectivity index (χ0v) is 13.7. The lowest BCUT2D eigenvalue weighted by atomic mass is 9.82. The second kappa shape index (κ2) is 6.89. The van der Waals surface area contributed by atoms with Crippen molar-refractivity contribution in [1.29, 1.82) is 0 Å². The smallest absolute Gasteiger partial charge is 0.325 e. The van der Waals surface area contributed by atoms with Gasteiger partial charge in [0.2, 0.25) is 5.91 Å². The molecule has 3 rings (SSSR count). The lowest BCUT2D eigenvalue weighted by molar-refractivity contribution is -0.135. The summed E-state index contributed by atoms with van der Waals surface area (Å²) >= 11 is 0. The van der Waals surface area contributed by atoms with Crippen molar-refractivity contribution in [2.24, 2.45) is 5.92 Å². The Kier molecular flexibility index (Phi) is 4.87. The first-order valence-electron chi connectivity index (χ1n) is 9.01. The standard InChI is InChI=1S/C17H27N3O3/c21-14(18-11-13-7-3-1-4-8-13)12-20-15(22)17(19-16(20)23)9-5-2-6-10-17/h13H,1-12H2,(H,18,21)(H,19,23). The van der Waals surface area contributed by atoms with E-state index in [4.69, 9.17) is 0 Å². The molecule has 4 amide bonds. The fourth-order valence-electron chi connectivity index (χ4n) is 4.16. The number of hydrogen-bond donors (Lipinski definition) is 2. The molecule has 0 unspecified atom stereocenters. The van der Waals surface area contributed by atoms with E-state index in [1.54, 1.807) is 0 Å². The largest absolute Gasteiger partial charge is 0.354 e. The van der Waals surface area contributed by atoms with E-state index in [0.29, 0.717) is 25.3 Å². The first-order valence-corrected chi connectivity index (χ1v) is 9.01. The minimum Gasteiger partial charge on any atom is -0.354 e. The minimum atomic E-state index is -0.737. The Bertz CT molecular complexity index is 479. The van der Waals surface area contributed by atoms with Gasteiger partial charge >= 0.3 is 6.03 Å². The third kappa shape index (κ3) is 3.51. The number of carbonyl (C=O) groups excluding carboxylic acids is 3. The fourth-order valence-corrected chi connectivity index (χ4v) is 4.16. The maximum atomic E-state index is 12.6. The summed E-state index contributed by atoms with van der Waals surface area (Å²) in [6.07, 6.45) is 10.5. The van der Waals surface area contributed by atoms with Crippen LogP contribution in [0.3, 0.4) is 0 Å². The molecule has 3 fully saturated rings. The highest BCUT2D eigenvalue weighted by atomic mass is 16.2. The van der Waals surface area contributed by atoms with E-state index in [-0.39, 0.29) is 18.4 Å². The molecule has 0 aromatic rings. The Morgan fingerprint density at radius 1 is 1.09 bits per heavy atom. The third-order valence-corrected chi connectivity index (χ3v) is 5.57. The van der Waals surface area contributed by atoms with Gasteiger partial charge in [-0.1, -0.05) is 38.5 Å². The molecule has 3 aliphatic rings. The lowest BCUT2D eigenvalue weighted by Gasteiger charge is -2.30. The molecule has 1 aliphatic heterocycles. The van der Waals surface area contributed by atoms with E-state index in [9.17, 15) is 14.4 Å². The second-order valence-electron chi connectivity index (χ2n) is 7.27. The van der Waals surface area contributed by atoms with Crippen LogP contribution in [-0.4, -0.2) is 41.4 Å². The van der Waals surface area contributed by atoms with E-state index < -0.39 is 11.6 Å². The van der Waals surface area contributed by atoms with Gasteiger partial charge in [-0.25, -0.2) is 4.79 Å². The molecule has 2 N–H and O–H groups in total. The molecule has 0 radical (unpaired) electrons. The maximum Gasteiger partial charge on any atom is 0.325 e. The molecule has 2 saturated carbocycles. The molecule has 0 aromatic heterocycles. The summed E-state index contributed by atoms with van der Waals surface area (Å²) in [5.74, 6) is 0.0995. The zero-order chi connectivity index (χ0) is 16.3. The number of hydrogen-bond acceptors (Lipinski definition) is 3. The summed E-state index contributed by atoms with van der Waals surface area (Å²) in [7, 11) is 0. The van der Waals surface area contributed by atoms with Crippen LogP contribution in [0, 0.1) is 5.92 Å². The van der Waals surface area contributed by atoms with Gasteiger partial charge in [0.15, 0.2) is 0 Å². The van der Waals surface area contributed by atoms with Crippen LogP contribution in [0.5, 0.6) is 0 Å². The molecule has 1 heterocycles. The summed E-state index contributed by atoms with van der Waals surface area (Å²) < 4.78 is 0. The predicted molar refractivity (Wildman–Crippen MR) is 85.6 cm³/mol. The van der Waals surface area contributed by atoms with Crippen molar-refractivity contribution in [3.05, 3.63) is 0 Å². The van der Waals surface area contributed by atoms with E-state index in [0.717, 1.165) is 37.0 Å². The Balaban J connectivity index is 1.51. The molecule has 23 heavy (non-hydrogen) atoms. The van der Waals surface area contributed by atoms with E-state index in [1.165, 1.54) is 19.3 Å². The Morgan fingerprint density at radius 3 is 2.43 bits per heavy atom. The van der Waals surface area contributed by atoms with Gasteiger partial charge in [-0.05, 0) is 31.6 Å². The third-order valence-electron chi connectivity index (χ3n) is 5.57. The van der Waals surface area contributed by atoms with Crippen LogP contribution in [0.15, 0.2) is 0 Å². The van der Waals surface area contributed by atoms with Gasteiger partial charge < -0.3 is 10.6 Å². The van der Waals surface area contributed by atoms with E-state index in [1.807, 2.05) is 0 Å². The van der Waals surface area contributed by atoms with Crippen LogP contribution >= 0.6 is 0 Å². The summed E-state index contributed by atoms with van der Waals surface area (Å²) in [5.41, 5.74) is -0.737.